The van der Waals surface area contributed by atoms with Gasteiger partial charge in [-0.3, -0.25) is 0 Å². The maximum atomic E-state index is 8.83. The summed E-state index contributed by atoms with van der Waals surface area (Å²) in [7, 11) is 0. The van der Waals surface area contributed by atoms with Gasteiger partial charge < -0.3 is 10.6 Å². The Balaban J connectivity index is 1.85. The average Bonchev–Trinajstić information content (AvgIpc) is 3.19. The standard InChI is InChI=1S/C16H19N5S/c1-2-4-11(5-3-7-17)16-19-9-13(22-16)14-12-6-8-18-15(12)21-10-20-14/h6,8-11,15,18H,2-5H2,1H3,(H,20,21). The first-order chi connectivity index (χ1) is 10.8. The van der Waals surface area contributed by atoms with E-state index in [1.54, 1.807) is 17.7 Å². The molecule has 3 heterocycles. The van der Waals surface area contributed by atoms with Crippen LogP contribution < -0.4 is 10.6 Å². The second kappa shape index (κ2) is 6.75. The third kappa shape index (κ3) is 2.90. The van der Waals surface area contributed by atoms with Crippen molar-refractivity contribution < 1.29 is 0 Å². The predicted molar refractivity (Wildman–Crippen MR) is 89.2 cm³/mol. The molecule has 0 amide bonds. The van der Waals surface area contributed by atoms with Crippen molar-refractivity contribution in [2.24, 2.45) is 4.99 Å². The first-order valence-electron chi connectivity index (χ1n) is 7.62. The van der Waals surface area contributed by atoms with Gasteiger partial charge >= 0.3 is 0 Å². The van der Waals surface area contributed by atoms with Crippen molar-refractivity contribution in [3.63, 3.8) is 0 Å². The van der Waals surface area contributed by atoms with Crippen LogP contribution in [0.5, 0.6) is 0 Å². The van der Waals surface area contributed by atoms with E-state index < -0.39 is 0 Å². The first kappa shape index (κ1) is 14.8. The van der Waals surface area contributed by atoms with Gasteiger partial charge in [0.1, 0.15) is 6.17 Å². The molecular weight excluding hydrogens is 294 g/mol. The van der Waals surface area contributed by atoms with Crippen LogP contribution in [-0.4, -0.2) is 17.5 Å². The Kier molecular flexibility index (Phi) is 4.54. The normalized spacial score (nSPS) is 20.3. The molecule has 22 heavy (non-hydrogen) atoms. The zero-order valence-corrected chi connectivity index (χ0v) is 13.4. The van der Waals surface area contributed by atoms with E-state index in [2.05, 4.69) is 39.7 Å². The van der Waals surface area contributed by atoms with Crippen LogP contribution in [0, 0.1) is 11.3 Å². The minimum atomic E-state index is 0.114. The first-order valence-corrected chi connectivity index (χ1v) is 8.43. The second-order valence-electron chi connectivity index (χ2n) is 5.41. The average molecular weight is 313 g/mol. The predicted octanol–water partition coefficient (Wildman–Crippen LogP) is 3.12. The lowest BCUT2D eigenvalue weighted by molar-refractivity contribution is 0.573. The highest BCUT2D eigenvalue weighted by molar-refractivity contribution is 7.12. The van der Waals surface area contributed by atoms with Crippen LogP contribution in [0.1, 0.15) is 48.4 Å². The van der Waals surface area contributed by atoms with E-state index in [-0.39, 0.29) is 6.17 Å². The van der Waals surface area contributed by atoms with Gasteiger partial charge in [0, 0.05) is 24.1 Å². The molecule has 0 saturated heterocycles. The summed E-state index contributed by atoms with van der Waals surface area (Å²) in [4.78, 5) is 10.2. The van der Waals surface area contributed by atoms with Crippen LogP contribution in [0.4, 0.5) is 0 Å². The molecular formula is C16H19N5S. The number of rotatable bonds is 6. The number of nitrogens with one attached hydrogen (secondary N) is 2. The Labute approximate surface area is 134 Å². The van der Waals surface area contributed by atoms with Gasteiger partial charge in [0.2, 0.25) is 0 Å². The van der Waals surface area contributed by atoms with Gasteiger partial charge in [0.15, 0.2) is 0 Å². The molecule has 0 bridgehead atoms. The lowest BCUT2D eigenvalue weighted by atomic mass is 9.99. The quantitative estimate of drug-likeness (QED) is 0.846. The van der Waals surface area contributed by atoms with Crippen LogP contribution in [-0.2, 0) is 0 Å². The SMILES string of the molecule is CCCC(CCC#N)c1ncc(C2=C3C=CNC3NC=N2)s1. The molecule has 6 heteroatoms. The Hall–Kier alpha value is -2.13. The summed E-state index contributed by atoms with van der Waals surface area (Å²) in [5.41, 5.74) is 2.14. The smallest absolute Gasteiger partial charge is 0.125 e. The zero-order chi connectivity index (χ0) is 15.4. The summed E-state index contributed by atoms with van der Waals surface area (Å²) in [6.45, 7) is 2.18. The van der Waals surface area contributed by atoms with Crippen LogP contribution in [0.3, 0.4) is 0 Å². The summed E-state index contributed by atoms with van der Waals surface area (Å²) in [6, 6.07) is 2.25. The van der Waals surface area contributed by atoms with Gasteiger partial charge in [-0.25, -0.2) is 9.98 Å². The van der Waals surface area contributed by atoms with E-state index in [9.17, 15) is 0 Å². The molecule has 114 valence electrons. The fraction of sp³-hybridized carbons (Fsp3) is 0.438. The van der Waals surface area contributed by atoms with E-state index >= 15 is 0 Å². The minimum Gasteiger partial charge on any atom is -0.368 e. The molecule has 0 aliphatic carbocycles. The van der Waals surface area contributed by atoms with Crippen molar-refractivity contribution in [2.45, 2.75) is 44.7 Å². The van der Waals surface area contributed by atoms with Crippen LogP contribution >= 0.6 is 11.3 Å². The Morgan fingerprint density at radius 2 is 2.32 bits per heavy atom. The Bertz CT molecular complexity index is 664. The van der Waals surface area contributed by atoms with E-state index in [1.165, 1.54) is 0 Å². The number of nitriles is 1. The number of nitrogens with zero attached hydrogens (tertiary/aromatic N) is 3. The lowest BCUT2D eigenvalue weighted by Crippen LogP contribution is -2.39. The molecule has 0 saturated carbocycles. The molecule has 2 aliphatic rings. The highest BCUT2D eigenvalue weighted by Crippen LogP contribution is 2.35. The van der Waals surface area contributed by atoms with Crippen molar-refractivity contribution in [1.82, 2.24) is 15.6 Å². The van der Waals surface area contributed by atoms with Crippen LogP contribution in [0.2, 0.25) is 0 Å². The van der Waals surface area contributed by atoms with Gasteiger partial charge in [-0.15, -0.1) is 11.3 Å². The third-order valence-corrected chi connectivity index (χ3v) is 5.06. The van der Waals surface area contributed by atoms with Crippen molar-refractivity contribution in [3.8, 4) is 6.07 Å². The molecule has 2 unspecified atom stereocenters. The maximum absolute atomic E-state index is 8.83. The largest absolute Gasteiger partial charge is 0.368 e. The number of hydrogen-bond acceptors (Lipinski definition) is 6. The zero-order valence-electron chi connectivity index (χ0n) is 12.5. The molecule has 0 radical (unpaired) electrons. The van der Waals surface area contributed by atoms with Crippen LogP contribution in [0.25, 0.3) is 5.70 Å². The van der Waals surface area contributed by atoms with E-state index in [0.29, 0.717) is 12.3 Å². The van der Waals surface area contributed by atoms with Crippen molar-refractivity contribution in [2.75, 3.05) is 0 Å². The number of aliphatic imine (C=N–C) groups is 1. The highest BCUT2D eigenvalue weighted by Gasteiger charge is 2.24. The Morgan fingerprint density at radius 1 is 1.41 bits per heavy atom. The number of hydrogen-bond donors (Lipinski definition) is 2. The van der Waals surface area contributed by atoms with Gasteiger partial charge in [-0.05, 0) is 25.1 Å². The molecule has 1 aromatic heterocycles. The van der Waals surface area contributed by atoms with Crippen LogP contribution in [0.15, 0.2) is 29.0 Å². The summed E-state index contributed by atoms with van der Waals surface area (Å²) in [5, 5.41) is 16.4. The highest BCUT2D eigenvalue weighted by atomic mass is 32.1. The van der Waals surface area contributed by atoms with E-state index in [0.717, 1.165) is 40.4 Å². The monoisotopic (exact) mass is 313 g/mol. The summed E-state index contributed by atoms with van der Waals surface area (Å²) in [6.07, 6.45) is 11.4. The molecule has 1 aromatic rings. The van der Waals surface area contributed by atoms with Gasteiger partial charge in [-0.1, -0.05) is 13.3 Å². The van der Waals surface area contributed by atoms with Gasteiger partial charge in [-0.2, -0.15) is 5.26 Å². The summed E-state index contributed by atoms with van der Waals surface area (Å²) < 4.78 is 0. The fourth-order valence-electron chi connectivity index (χ4n) is 2.79. The van der Waals surface area contributed by atoms with Gasteiger partial charge in [0.25, 0.3) is 0 Å². The molecule has 2 aliphatic heterocycles. The minimum absolute atomic E-state index is 0.114. The maximum Gasteiger partial charge on any atom is 0.125 e. The lowest BCUT2D eigenvalue weighted by Gasteiger charge is -2.19. The molecule has 0 fully saturated rings. The molecule has 0 spiro atoms. The number of thiazole rings is 1. The molecule has 0 aromatic carbocycles. The number of fused-ring (bicyclic) bond motifs is 1. The van der Waals surface area contributed by atoms with E-state index in [1.807, 2.05) is 12.4 Å². The summed E-state index contributed by atoms with van der Waals surface area (Å²) >= 11 is 1.71. The van der Waals surface area contributed by atoms with Gasteiger partial charge in [0.05, 0.1) is 28.0 Å². The Morgan fingerprint density at radius 3 is 3.14 bits per heavy atom. The molecule has 5 nitrogen and oxygen atoms in total. The number of aromatic nitrogens is 1. The second-order valence-corrected chi connectivity index (χ2v) is 6.47. The molecule has 2 atom stereocenters. The van der Waals surface area contributed by atoms with Crippen molar-refractivity contribution in [3.05, 3.63) is 33.9 Å². The van der Waals surface area contributed by atoms with E-state index in [4.69, 9.17) is 5.26 Å². The van der Waals surface area contributed by atoms with Crippen molar-refractivity contribution >= 4 is 23.4 Å². The summed E-state index contributed by atoms with van der Waals surface area (Å²) in [5.74, 6) is 0.382. The van der Waals surface area contributed by atoms with Crippen molar-refractivity contribution in [1.29, 1.82) is 5.26 Å². The topological polar surface area (TPSA) is 73.1 Å². The molecule has 3 rings (SSSR count). The third-order valence-electron chi connectivity index (χ3n) is 3.89. The molecule has 2 N–H and O–H groups in total. The fourth-order valence-corrected chi connectivity index (χ4v) is 3.90.